The monoisotopic (exact) mass is 1200 g/mol. The van der Waals surface area contributed by atoms with Crippen LogP contribution in [0, 0.1) is 24.7 Å². The van der Waals surface area contributed by atoms with Gasteiger partial charge in [0.25, 0.3) is 0 Å². The van der Waals surface area contributed by atoms with Crippen LogP contribution in [0.3, 0.4) is 0 Å². The molecule has 0 aliphatic heterocycles. The first kappa shape index (κ1) is 46.2. The van der Waals surface area contributed by atoms with Crippen LogP contribution in [0.15, 0.2) is 231 Å². The van der Waals surface area contributed by atoms with Crippen LogP contribution < -0.4 is 21.2 Å². The standard InChI is InChI=1S/C26H24P2.2C16H9.2Au/c1-5-13-23(14-6-1)27(24-15-7-2-8-16-24)21-22-28(25-17-9-3-10-18-25)26-19-11-4-12-20-26;2*1-2-12-7-5-8-14-11-10-13-6-3-4-9-15(13)16(12)14;;/h1-20H,21-22H2;2*3-11H;;/q;2*-1;2*+1/p+2. The van der Waals surface area contributed by atoms with Gasteiger partial charge in [-0.2, -0.15) is 0 Å². The minimum atomic E-state index is -0.783. The maximum Gasteiger partial charge on any atom is 1.00 e. The van der Waals surface area contributed by atoms with E-state index in [9.17, 15) is 0 Å². The number of benzene rings is 10. The molecule has 10 aromatic rings. The first-order valence-corrected chi connectivity index (χ1v) is 23.7. The Hall–Kier alpha value is -5.30. The molecule has 0 heterocycles. The van der Waals surface area contributed by atoms with Crippen LogP contribution in [0.4, 0.5) is 0 Å². The fourth-order valence-electron chi connectivity index (χ4n) is 8.04. The van der Waals surface area contributed by atoms with E-state index in [1.54, 1.807) is 0 Å². The number of fused-ring (bicyclic) bond motifs is 6. The molecule has 0 nitrogen and oxygen atoms in total. The fraction of sp³-hybridized carbons (Fsp3) is 0.0345. The van der Waals surface area contributed by atoms with Gasteiger partial charge in [0.1, 0.15) is 12.3 Å². The molecule has 4 heteroatoms. The summed E-state index contributed by atoms with van der Waals surface area (Å²) >= 11 is 0. The smallest absolute Gasteiger partial charge is 0.366 e. The van der Waals surface area contributed by atoms with Gasteiger partial charge in [0.2, 0.25) is 0 Å². The largest absolute Gasteiger partial charge is 1.00 e. The molecule has 0 amide bonds. The minimum Gasteiger partial charge on any atom is -0.366 e. The molecule has 0 fully saturated rings. The van der Waals surface area contributed by atoms with E-state index < -0.39 is 15.8 Å². The van der Waals surface area contributed by atoms with Crippen LogP contribution in [-0.2, 0) is 44.8 Å². The van der Waals surface area contributed by atoms with Crippen LogP contribution in [0.2, 0.25) is 0 Å². The average Bonchev–Trinajstić information content (AvgIpc) is 3.34. The third-order valence-electron chi connectivity index (χ3n) is 10.9. The van der Waals surface area contributed by atoms with Crippen molar-refractivity contribution in [3.63, 3.8) is 0 Å². The van der Waals surface area contributed by atoms with Gasteiger partial charge in [0.05, 0.1) is 37.1 Å². The molecule has 10 rings (SSSR count). The first-order valence-electron chi connectivity index (χ1n) is 20.3. The summed E-state index contributed by atoms with van der Waals surface area (Å²) in [6.45, 7) is 0. The van der Waals surface area contributed by atoms with E-state index in [2.05, 4.69) is 194 Å². The molecular weight excluding hydrogens is 1150 g/mol. The summed E-state index contributed by atoms with van der Waals surface area (Å²) in [6.07, 6.45) is 17.2. The molecule has 0 aliphatic carbocycles. The van der Waals surface area contributed by atoms with Crippen molar-refractivity contribution >= 4 is 80.2 Å². The summed E-state index contributed by atoms with van der Waals surface area (Å²) < 4.78 is 0. The SMILES string of the molecule is [Au+].[Au+].[C-]#Cc1cccc2ccc3ccccc3c12.[C-]#Cc1cccc2ccc3ccccc3c12.c1ccc([PH+](CC[PH+](c2ccccc2)c2ccccc2)c2ccccc2)cc1. The second kappa shape index (κ2) is 23.2. The third-order valence-corrected chi connectivity index (χ3v) is 17.0. The van der Waals surface area contributed by atoms with Gasteiger partial charge in [-0.25, -0.2) is 0 Å². The van der Waals surface area contributed by atoms with E-state index in [0.717, 1.165) is 32.7 Å². The van der Waals surface area contributed by atoms with Gasteiger partial charge in [-0.15, -0.1) is 23.3 Å². The van der Waals surface area contributed by atoms with E-state index in [1.165, 1.54) is 55.1 Å². The van der Waals surface area contributed by atoms with Crippen molar-refractivity contribution in [3.05, 3.63) is 254 Å². The molecule has 0 bridgehead atoms. The number of hydrogen-bond acceptors (Lipinski definition) is 0. The second-order valence-corrected chi connectivity index (χ2v) is 19.8. The topological polar surface area (TPSA) is 0 Å². The summed E-state index contributed by atoms with van der Waals surface area (Å²) in [4.78, 5) is 0. The molecule has 0 saturated heterocycles. The van der Waals surface area contributed by atoms with E-state index in [-0.39, 0.29) is 44.8 Å². The molecule has 0 unspecified atom stereocenters. The maximum absolute atomic E-state index is 7.35. The fourth-order valence-corrected chi connectivity index (χ4v) is 14.2. The van der Waals surface area contributed by atoms with Gasteiger partial charge in [-0.05, 0) is 80.8 Å². The molecule has 0 N–H and O–H groups in total. The van der Waals surface area contributed by atoms with Gasteiger partial charge in [0, 0.05) is 0 Å². The Balaban J connectivity index is 0.000000162. The first-order chi connectivity index (χ1) is 29.7. The molecule has 0 spiro atoms. The summed E-state index contributed by atoms with van der Waals surface area (Å²) in [7, 11) is -1.57. The van der Waals surface area contributed by atoms with E-state index >= 15 is 0 Å². The molecule has 10 aromatic carbocycles. The Labute approximate surface area is 400 Å². The molecule has 306 valence electrons. The zero-order chi connectivity index (χ0) is 40.9. The van der Waals surface area contributed by atoms with E-state index in [1.807, 2.05) is 48.5 Å². The van der Waals surface area contributed by atoms with Gasteiger partial charge >= 0.3 is 44.8 Å². The Kier molecular flexibility index (Phi) is 17.3. The second-order valence-electron chi connectivity index (χ2n) is 14.6. The summed E-state index contributed by atoms with van der Waals surface area (Å²) in [5, 5.41) is 15.4. The van der Waals surface area contributed by atoms with Crippen molar-refractivity contribution in [2.45, 2.75) is 0 Å². The Morgan fingerprint density at radius 1 is 0.290 bits per heavy atom. The molecular formula is C58H44Au2P2+2. The average molecular weight is 1200 g/mol. The minimum absolute atomic E-state index is 0. The Bertz CT molecular complexity index is 2780. The molecule has 0 aliphatic rings. The third kappa shape index (κ3) is 11.0. The molecule has 0 aromatic heterocycles. The quantitative estimate of drug-likeness (QED) is 0.0491. The predicted octanol–water partition coefficient (Wildman–Crippen LogP) is 12.6. The van der Waals surface area contributed by atoms with Gasteiger partial charge in [-0.1, -0.05) is 181 Å². The maximum atomic E-state index is 7.35. The summed E-state index contributed by atoms with van der Waals surface area (Å²) in [5.74, 6) is 5.02. The van der Waals surface area contributed by atoms with Crippen molar-refractivity contribution in [1.82, 2.24) is 0 Å². The molecule has 0 radical (unpaired) electrons. The normalized spacial score (nSPS) is 10.4. The summed E-state index contributed by atoms with van der Waals surface area (Å²) in [6, 6.07) is 81.4. The Morgan fingerprint density at radius 2 is 0.565 bits per heavy atom. The number of hydrogen-bond donors (Lipinski definition) is 0. The van der Waals surface area contributed by atoms with Gasteiger partial charge in [-0.3, -0.25) is 11.8 Å². The van der Waals surface area contributed by atoms with Crippen molar-refractivity contribution in [1.29, 1.82) is 0 Å². The van der Waals surface area contributed by atoms with Crippen LogP contribution >= 0.6 is 15.8 Å². The van der Waals surface area contributed by atoms with Gasteiger partial charge < -0.3 is 12.8 Å². The van der Waals surface area contributed by atoms with Crippen molar-refractivity contribution in [2.24, 2.45) is 0 Å². The van der Waals surface area contributed by atoms with Crippen LogP contribution in [0.5, 0.6) is 0 Å². The van der Waals surface area contributed by atoms with Gasteiger partial charge in [0.15, 0.2) is 0 Å². The van der Waals surface area contributed by atoms with Crippen molar-refractivity contribution in [2.75, 3.05) is 12.3 Å². The number of rotatable bonds is 7. The zero-order valence-corrected chi connectivity index (χ0v) is 40.3. The van der Waals surface area contributed by atoms with Crippen molar-refractivity contribution in [3.8, 4) is 11.8 Å². The summed E-state index contributed by atoms with van der Waals surface area (Å²) in [5.41, 5.74) is 1.71. The van der Waals surface area contributed by atoms with Crippen LogP contribution in [0.1, 0.15) is 11.1 Å². The van der Waals surface area contributed by atoms with E-state index in [4.69, 9.17) is 12.8 Å². The zero-order valence-electron chi connectivity index (χ0n) is 34.0. The van der Waals surface area contributed by atoms with E-state index in [0.29, 0.717) is 0 Å². The molecule has 62 heavy (non-hydrogen) atoms. The van der Waals surface area contributed by atoms with Crippen molar-refractivity contribution < 1.29 is 44.8 Å². The predicted molar refractivity (Wildman–Crippen MR) is 266 cm³/mol. The van der Waals surface area contributed by atoms with Crippen LogP contribution in [0.25, 0.3) is 43.1 Å². The Morgan fingerprint density at radius 3 is 0.887 bits per heavy atom. The molecule has 0 saturated carbocycles. The van der Waals surface area contributed by atoms with Crippen LogP contribution in [-0.4, -0.2) is 12.3 Å². The molecule has 0 atom stereocenters.